The first kappa shape index (κ1) is 17.0. The van der Waals surface area contributed by atoms with Crippen LogP contribution in [0.1, 0.15) is 26.3 Å². The molecule has 0 saturated carbocycles. The Hall–Kier alpha value is -2.48. The van der Waals surface area contributed by atoms with Gasteiger partial charge in [-0.15, -0.1) is 0 Å². The number of thiocarbonyl (C=S) groups is 1. The van der Waals surface area contributed by atoms with E-state index in [2.05, 4.69) is 0 Å². The van der Waals surface area contributed by atoms with E-state index in [-0.39, 0.29) is 15.4 Å². The van der Waals surface area contributed by atoms with Gasteiger partial charge in [0.15, 0.2) is 4.32 Å². The third-order valence-electron chi connectivity index (χ3n) is 3.91. The molecule has 0 radical (unpaired) electrons. The molecule has 2 aliphatic rings. The van der Waals surface area contributed by atoms with E-state index in [1.165, 1.54) is 0 Å². The van der Waals surface area contributed by atoms with Crippen molar-refractivity contribution in [2.75, 3.05) is 0 Å². The minimum atomic E-state index is -0.561. The molecule has 0 unspecified atom stereocenters. The predicted molar refractivity (Wildman–Crippen MR) is 103 cm³/mol. The Kier molecular flexibility index (Phi) is 4.14. The van der Waals surface area contributed by atoms with Crippen molar-refractivity contribution in [2.45, 2.75) is 0 Å². The van der Waals surface area contributed by atoms with Crippen molar-refractivity contribution < 1.29 is 14.4 Å². The minimum absolute atomic E-state index is 0.129. The van der Waals surface area contributed by atoms with E-state index in [1.807, 2.05) is 0 Å². The zero-order valence-corrected chi connectivity index (χ0v) is 15.4. The fraction of sp³-hybridized carbons (Fsp3) is 0. The van der Waals surface area contributed by atoms with Gasteiger partial charge in [0.05, 0.1) is 16.0 Å². The van der Waals surface area contributed by atoms with Gasteiger partial charge in [0.25, 0.3) is 17.7 Å². The predicted octanol–water partition coefficient (Wildman–Crippen LogP) is 3.75. The normalized spacial score (nSPS) is 18.3. The first-order valence-electron chi connectivity index (χ1n) is 7.48. The highest BCUT2D eigenvalue weighted by Gasteiger charge is 2.46. The Labute approximate surface area is 163 Å². The van der Waals surface area contributed by atoms with Crippen LogP contribution < -0.4 is 0 Å². The number of carbonyl (C=O) groups excluding carboxylic acids is 3. The summed E-state index contributed by atoms with van der Waals surface area (Å²) in [5.41, 5.74) is 1.28. The van der Waals surface area contributed by atoms with Gasteiger partial charge in [-0.1, -0.05) is 47.6 Å². The van der Waals surface area contributed by atoms with Crippen molar-refractivity contribution in [2.24, 2.45) is 0 Å². The van der Waals surface area contributed by atoms with Crippen LogP contribution in [0.4, 0.5) is 0 Å². The Morgan fingerprint density at radius 3 is 2.00 bits per heavy atom. The number of imide groups is 1. The van der Waals surface area contributed by atoms with Gasteiger partial charge in [-0.05, 0) is 48.1 Å². The first-order valence-corrected chi connectivity index (χ1v) is 9.09. The van der Waals surface area contributed by atoms with Gasteiger partial charge in [-0.2, -0.15) is 10.0 Å². The number of halogens is 1. The van der Waals surface area contributed by atoms with Crippen molar-refractivity contribution in [3.63, 3.8) is 0 Å². The molecule has 0 bridgehead atoms. The fourth-order valence-corrected chi connectivity index (χ4v) is 4.07. The zero-order chi connectivity index (χ0) is 18.4. The number of amides is 3. The van der Waals surface area contributed by atoms with E-state index in [0.717, 1.165) is 27.3 Å². The average molecular weight is 401 g/mol. The molecule has 0 atom stereocenters. The maximum Gasteiger partial charge on any atom is 0.285 e. The van der Waals surface area contributed by atoms with Gasteiger partial charge < -0.3 is 0 Å². The molecule has 4 rings (SSSR count). The van der Waals surface area contributed by atoms with Crippen LogP contribution in [0.25, 0.3) is 6.08 Å². The Morgan fingerprint density at radius 1 is 0.846 bits per heavy atom. The Morgan fingerprint density at radius 2 is 1.42 bits per heavy atom. The summed E-state index contributed by atoms with van der Waals surface area (Å²) < 4.78 is 0.129. The van der Waals surface area contributed by atoms with Crippen molar-refractivity contribution in [1.29, 1.82) is 0 Å². The second-order valence-electron chi connectivity index (χ2n) is 5.51. The maximum atomic E-state index is 12.8. The molecule has 3 amide bonds. The number of carbonyl (C=O) groups is 3. The van der Waals surface area contributed by atoms with Crippen LogP contribution in [0.2, 0.25) is 5.02 Å². The highest BCUT2D eigenvalue weighted by molar-refractivity contribution is 8.26. The van der Waals surface area contributed by atoms with Crippen LogP contribution >= 0.6 is 35.6 Å². The summed E-state index contributed by atoms with van der Waals surface area (Å²) in [6, 6.07) is 13.4. The van der Waals surface area contributed by atoms with Crippen LogP contribution in [0.3, 0.4) is 0 Å². The fourth-order valence-electron chi connectivity index (χ4n) is 2.70. The van der Waals surface area contributed by atoms with E-state index in [4.69, 9.17) is 23.8 Å². The topological polar surface area (TPSA) is 57.7 Å². The quantitative estimate of drug-likeness (QED) is 0.436. The third kappa shape index (κ3) is 2.65. The van der Waals surface area contributed by atoms with E-state index in [0.29, 0.717) is 9.93 Å². The van der Waals surface area contributed by atoms with E-state index in [1.54, 1.807) is 54.6 Å². The molecule has 1 saturated heterocycles. The number of benzene rings is 2. The number of hydrogen-bond acceptors (Lipinski definition) is 5. The van der Waals surface area contributed by atoms with Gasteiger partial charge in [0, 0.05) is 5.02 Å². The zero-order valence-electron chi connectivity index (χ0n) is 13.0. The third-order valence-corrected chi connectivity index (χ3v) is 5.45. The van der Waals surface area contributed by atoms with Crippen LogP contribution in [-0.4, -0.2) is 32.1 Å². The average Bonchev–Trinajstić information content (AvgIpc) is 3.04. The van der Waals surface area contributed by atoms with E-state index < -0.39 is 17.7 Å². The summed E-state index contributed by atoms with van der Waals surface area (Å²) in [6.45, 7) is 0. The van der Waals surface area contributed by atoms with Gasteiger partial charge >= 0.3 is 0 Å². The number of hydrogen-bond donors (Lipinski definition) is 0. The monoisotopic (exact) mass is 400 g/mol. The van der Waals surface area contributed by atoms with Gasteiger partial charge in [0.1, 0.15) is 0 Å². The lowest BCUT2D eigenvalue weighted by Gasteiger charge is -2.23. The summed E-state index contributed by atoms with van der Waals surface area (Å²) in [5.74, 6) is -1.63. The SMILES string of the molecule is O=C1/C(=C/c2ccc(Cl)cc2)SC(=S)N1N1C(=O)c2ccccc2C1=O. The number of hydrazine groups is 1. The molecule has 1 fully saturated rings. The molecular formula is C18H9ClN2O3S2. The maximum absolute atomic E-state index is 12.8. The van der Waals surface area contributed by atoms with Gasteiger partial charge in [-0.3, -0.25) is 14.4 Å². The number of thioether (sulfide) groups is 1. The van der Waals surface area contributed by atoms with Crippen molar-refractivity contribution in [1.82, 2.24) is 10.0 Å². The second-order valence-corrected chi connectivity index (χ2v) is 7.62. The molecule has 2 heterocycles. The lowest BCUT2D eigenvalue weighted by atomic mass is 10.1. The molecule has 0 spiro atoms. The summed E-state index contributed by atoms with van der Waals surface area (Å²) in [5, 5.41) is 2.36. The lowest BCUT2D eigenvalue weighted by molar-refractivity contribution is -0.128. The molecule has 8 heteroatoms. The van der Waals surface area contributed by atoms with Crippen LogP contribution in [0, 0.1) is 0 Å². The highest BCUT2D eigenvalue weighted by Crippen LogP contribution is 2.36. The lowest BCUT2D eigenvalue weighted by Crippen LogP contribution is -2.48. The van der Waals surface area contributed by atoms with Crippen LogP contribution in [0.5, 0.6) is 0 Å². The standard InChI is InChI=1S/C18H9ClN2O3S2/c19-11-7-5-10(6-8-11)9-14-17(24)21(18(25)26-14)20-15(22)12-3-1-2-4-13(12)16(20)23/h1-9H/b14-9-. The second kappa shape index (κ2) is 6.35. The van der Waals surface area contributed by atoms with E-state index in [9.17, 15) is 14.4 Å². The number of nitrogens with zero attached hydrogens (tertiary/aromatic N) is 2. The van der Waals surface area contributed by atoms with E-state index >= 15 is 0 Å². The van der Waals surface area contributed by atoms with Crippen LogP contribution in [-0.2, 0) is 4.79 Å². The van der Waals surface area contributed by atoms with Crippen molar-refractivity contribution in [3.8, 4) is 0 Å². The smallest absolute Gasteiger partial charge is 0.267 e. The summed E-state index contributed by atoms with van der Waals surface area (Å²) in [6.07, 6.45) is 1.65. The molecule has 0 N–H and O–H groups in total. The Bertz CT molecular complexity index is 982. The molecule has 128 valence electrons. The molecule has 0 aliphatic carbocycles. The highest BCUT2D eigenvalue weighted by atomic mass is 35.5. The molecule has 2 aliphatic heterocycles. The molecule has 2 aromatic rings. The van der Waals surface area contributed by atoms with Crippen LogP contribution in [0.15, 0.2) is 53.4 Å². The van der Waals surface area contributed by atoms with Gasteiger partial charge in [0.2, 0.25) is 0 Å². The largest absolute Gasteiger partial charge is 0.285 e. The molecule has 26 heavy (non-hydrogen) atoms. The summed E-state index contributed by atoms with van der Waals surface area (Å²) >= 11 is 12.1. The molecule has 2 aromatic carbocycles. The Balaban J connectivity index is 1.68. The molecule has 5 nitrogen and oxygen atoms in total. The van der Waals surface area contributed by atoms with Crippen molar-refractivity contribution >= 4 is 63.7 Å². The summed E-state index contributed by atoms with van der Waals surface area (Å²) in [4.78, 5) is 38.3. The van der Waals surface area contributed by atoms with Crippen molar-refractivity contribution in [3.05, 3.63) is 75.1 Å². The molecule has 0 aromatic heterocycles. The minimum Gasteiger partial charge on any atom is -0.267 e. The first-order chi connectivity index (χ1) is 12.5. The number of rotatable bonds is 2. The molecular weight excluding hydrogens is 392 g/mol. The van der Waals surface area contributed by atoms with Gasteiger partial charge in [-0.25, -0.2) is 0 Å². The number of fused-ring (bicyclic) bond motifs is 1. The summed E-state index contributed by atoms with van der Waals surface area (Å²) in [7, 11) is 0.